The van der Waals surface area contributed by atoms with Crippen molar-refractivity contribution in [3.8, 4) is 33.9 Å². The highest BCUT2D eigenvalue weighted by atomic mass is 15.0. The molecule has 0 amide bonds. The zero-order chi connectivity index (χ0) is 21.3. The van der Waals surface area contributed by atoms with Gasteiger partial charge in [-0.2, -0.15) is 0 Å². The maximum absolute atomic E-state index is 4.74. The van der Waals surface area contributed by atoms with E-state index in [1.807, 2.05) is 48.8 Å². The van der Waals surface area contributed by atoms with Crippen molar-refractivity contribution in [3.63, 3.8) is 0 Å². The summed E-state index contributed by atoms with van der Waals surface area (Å²) in [6.07, 6.45) is 6.73. The first-order valence-corrected chi connectivity index (χ1v) is 10.3. The van der Waals surface area contributed by atoms with Crippen molar-refractivity contribution in [3.05, 3.63) is 104 Å². The Kier molecular flexibility index (Phi) is 4.36. The molecule has 0 radical (unpaired) electrons. The van der Waals surface area contributed by atoms with Crippen LogP contribution in [0.15, 0.2) is 104 Å². The Balaban J connectivity index is 1.65. The summed E-state index contributed by atoms with van der Waals surface area (Å²) in [6, 6.07) is 26.9. The second-order valence-corrected chi connectivity index (χ2v) is 7.52. The van der Waals surface area contributed by atoms with Gasteiger partial charge in [0.1, 0.15) is 12.7 Å². The first-order chi connectivity index (χ1) is 15.9. The Morgan fingerprint density at radius 1 is 0.469 bits per heavy atom. The van der Waals surface area contributed by atoms with Crippen LogP contribution < -0.4 is 0 Å². The average molecular weight is 411 g/mol. The minimum Gasteiger partial charge on any atom is -0.256 e. The lowest BCUT2D eigenvalue weighted by molar-refractivity contribution is 1.06. The van der Waals surface area contributed by atoms with E-state index in [1.165, 1.54) is 12.7 Å². The van der Waals surface area contributed by atoms with Gasteiger partial charge in [-0.25, -0.2) is 15.0 Å². The number of fused-ring (bicyclic) bond motifs is 2. The Morgan fingerprint density at radius 3 is 1.53 bits per heavy atom. The monoisotopic (exact) mass is 411 g/mol. The summed E-state index contributed by atoms with van der Waals surface area (Å²) in [7, 11) is 0. The van der Waals surface area contributed by atoms with Crippen molar-refractivity contribution in [1.82, 2.24) is 24.9 Å². The second-order valence-electron chi connectivity index (χ2n) is 7.52. The lowest BCUT2D eigenvalue weighted by Gasteiger charge is -2.12. The molecule has 0 aliphatic heterocycles. The Labute approximate surface area is 184 Å². The third-order valence-electron chi connectivity index (χ3n) is 5.58. The zero-order valence-electron chi connectivity index (χ0n) is 17.1. The molecule has 0 fully saturated rings. The van der Waals surface area contributed by atoms with Gasteiger partial charge in [-0.05, 0) is 41.1 Å². The molecule has 6 aromatic rings. The number of pyridine rings is 2. The van der Waals surface area contributed by atoms with Gasteiger partial charge in [0.05, 0.1) is 11.4 Å². The fourth-order valence-electron chi connectivity index (χ4n) is 4.12. The van der Waals surface area contributed by atoms with Crippen LogP contribution in [-0.4, -0.2) is 24.9 Å². The van der Waals surface area contributed by atoms with E-state index in [9.17, 15) is 0 Å². The van der Waals surface area contributed by atoms with E-state index < -0.39 is 0 Å². The largest absolute Gasteiger partial charge is 0.256 e. The molecule has 6 rings (SSSR count). The van der Waals surface area contributed by atoms with E-state index >= 15 is 0 Å². The first-order valence-electron chi connectivity index (χ1n) is 10.3. The van der Waals surface area contributed by atoms with Crippen molar-refractivity contribution in [2.75, 3.05) is 0 Å². The minimum absolute atomic E-state index is 0.614. The van der Waals surface area contributed by atoms with E-state index in [2.05, 4.69) is 57.4 Å². The van der Waals surface area contributed by atoms with Crippen molar-refractivity contribution in [2.45, 2.75) is 0 Å². The molecule has 0 saturated heterocycles. The highest BCUT2D eigenvalue weighted by Gasteiger charge is 2.14. The summed E-state index contributed by atoms with van der Waals surface area (Å²) in [5.74, 6) is 0.614. The molecule has 0 spiro atoms. The van der Waals surface area contributed by atoms with Crippen LogP contribution in [0, 0.1) is 0 Å². The van der Waals surface area contributed by atoms with Gasteiger partial charge < -0.3 is 0 Å². The molecule has 0 aliphatic carbocycles. The molecule has 3 aromatic heterocycles. The summed E-state index contributed by atoms with van der Waals surface area (Å²) in [5, 5.41) is 4.49. The van der Waals surface area contributed by atoms with Crippen molar-refractivity contribution in [1.29, 1.82) is 0 Å². The Bertz CT molecular complexity index is 1470. The molecule has 3 heterocycles. The van der Waals surface area contributed by atoms with Crippen LogP contribution in [0.4, 0.5) is 0 Å². The molecule has 5 heteroatoms. The molecule has 5 nitrogen and oxygen atoms in total. The number of aromatic nitrogens is 5. The smallest absolute Gasteiger partial charge is 0.162 e. The van der Waals surface area contributed by atoms with Crippen LogP contribution in [0.25, 0.3) is 55.4 Å². The molecule has 3 aromatic carbocycles. The van der Waals surface area contributed by atoms with E-state index in [-0.39, 0.29) is 0 Å². The third-order valence-corrected chi connectivity index (χ3v) is 5.58. The standard InChI is InChI=1S/C27H17N5/c1-3-7-23-18(5-1)9-11-29-25(23)20-13-21(15-22(14-20)27-31-16-28-17-32-27)26-24-8-4-2-6-19(24)10-12-30-26/h1-17H. The van der Waals surface area contributed by atoms with Crippen LogP contribution in [0.5, 0.6) is 0 Å². The zero-order valence-corrected chi connectivity index (χ0v) is 17.1. The molecule has 0 saturated carbocycles. The molecule has 0 bridgehead atoms. The summed E-state index contributed by atoms with van der Waals surface area (Å²) < 4.78 is 0. The van der Waals surface area contributed by atoms with Gasteiger partial charge in [0, 0.05) is 39.9 Å². The molecule has 0 N–H and O–H groups in total. The fraction of sp³-hybridized carbons (Fsp3) is 0. The Hall–Kier alpha value is -4.51. The topological polar surface area (TPSA) is 64.5 Å². The normalized spacial score (nSPS) is 11.1. The van der Waals surface area contributed by atoms with Crippen molar-refractivity contribution < 1.29 is 0 Å². The van der Waals surface area contributed by atoms with E-state index in [4.69, 9.17) is 9.97 Å². The van der Waals surface area contributed by atoms with E-state index in [1.54, 1.807) is 0 Å². The molecule has 0 aliphatic rings. The predicted molar refractivity (Wildman–Crippen MR) is 127 cm³/mol. The minimum atomic E-state index is 0.614. The van der Waals surface area contributed by atoms with Gasteiger partial charge in [-0.3, -0.25) is 9.97 Å². The van der Waals surface area contributed by atoms with Gasteiger partial charge in [0.2, 0.25) is 0 Å². The van der Waals surface area contributed by atoms with Gasteiger partial charge >= 0.3 is 0 Å². The van der Waals surface area contributed by atoms with Gasteiger partial charge in [0.25, 0.3) is 0 Å². The van der Waals surface area contributed by atoms with Crippen LogP contribution in [0.2, 0.25) is 0 Å². The fourth-order valence-corrected chi connectivity index (χ4v) is 4.12. The van der Waals surface area contributed by atoms with E-state index in [0.29, 0.717) is 5.82 Å². The van der Waals surface area contributed by atoms with Gasteiger partial charge in [-0.15, -0.1) is 0 Å². The first kappa shape index (κ1) is 18.3. The van der Waals surface area contributed by atoms with Crippen LogP contribution >= 0.6 is 0 Å². The Morgan fingerprint density at radius 2 is 0.969 bits per heavy atom. The van der Waals surface area contributed by atoms with Crippen molar-refractivity contribution in [2.24, 2.45) is 0 Å². The van der Waals surface area contributed by atoms with Crippen LogP contribution in [0.1, 0.15) is 0 Å². The molecular weight excluding hydrogens is 394 g/mol. The number of rotatable bonds is 3. The van der Waals surface area contributed by atoms with E-state index in [0.717, 1.165) is 49.6 Å². The number of hydrogen-bond acceptors (Lipinski definition) is 5. The van der Waals surface area contributed by atoms with Crippen molar-refractivity contribution >= 4 is 21.5 Å². The molecule has 0 unspecified atom stereocenters. The molecule has 32 heavy (non-hydrogen) atoms. The van der Waals surface area contributed by atoms with Crippen LogP contribution in [0.3, 0.4) is 0 Å². The summed E-state index contributed by atoms with van der Waals surface area (Å²) >= 11 is 0. The summed E-state index contributed by atoms with van der Waals surface area (Å²) in [5.41, 5.74) is 4.71. The lowest BCUT2D eigenvalue weighted by Crippen LogP contribution is -1.94. The molecule has 150 valence electrons. The molecular formula is C27H17N5. The highest BCUT2D eigenvalue weighted by Crippen LogP contribution is 2.35. The summed E-state index contributed by atoms with van der Waals surface area (Å²) in [4.78, 5) is 22.2. The molecule has 0 atom stereocenters. The highest BCUT2D eigenvalue weighted by molar-refractivity contribution is 5.98. The van der Waals surface area contributed by atoms with Gasteiger partial charge in [-0.1, -0.05) is 48.5 Å². The quantitative estimate of drug-likeness (QED) is 0.359. The lowest BCUT2D eigenvalue weighted by atomic mass is 9.96. The maximum Gasteiger partial charge on any atom is 0.162 e. The third kappa shape index (κ3) is 3.17. The average Bonchev–Trinajstić information content (AvgIpc) is 2.88. The number of hydrogen-bond donors (Lipinski definition) is 0. The van der Waals surface area contributed by atoms with Gasteiger partial charge in [0.15, 0.2) is 5.82 Å². The predicted octanol–water partition coefficient (Wildman–Crippen LogP) is 5.97. The maximum atomic E-state index is 4.74. The second kappa shape index (κ2) is 7.63. The van der Waals surface area contributed by atoms with Crippen LogP contribution in [-0.2, 0) is 0 Å². The number of nitrogens with zero attached hydrogens (tertiary/aromatic N) is 5. The number of benzene rings is 3. The summed E-state index contributed by atoms with van der Waals surface area (Å²) in [6.45, 7) is 0. The SMILES string of the molecule is c1ccc2c(-c3cc(-c4ncncn4)cc(-c4nccc5ccccc45)c3)nccc2c1.